The van der Waals surface area contributed by atoms with E-state index in [-0.39, 0.29) is 11.1 Å². The number of nitrogens with zero attached hydrogens (tertiary/aromatic N) is 2. The molecule has 1 aliphatic carbocycles. The number of benzene rings is 2. The summed E-state index contributed by atoms with van der Waals surface area (Å²) in [5, 5.41) is 12.5. The zero-order valence-corrected chi connectivity index (χ0v) is 15.0. The van der Waals surface area contributed by atoms with Crippen LogP contribution in [-0.4, -0.2) is 25.2 Å². The third kappa shape index (κ3) is 2.46. The highest BCUT2D eigenvalue weighted by Crippen LogP contribution is 2.51. The zero-order valence-electron chi connectivity index (χ0n) is 15.0. The lowest BCUT2D eigenvalue weighted by Crippen LogP contribution is -2.63. The Balaban J connectivity index is 1.51. The number of para-hydroxylation sites is 1. The summed E-state index contributed by atoms with van der Waals surface area (Å²) in [5.74, 6) is -0.486. The van der Waals surface area contributed by atoms with Gasteiger partial charge < -0.3 is 19.7 Å². The minimum atomic E-state index is -1.26. The van der Waals surface area contributed by atoms with Crippen LogP contribution < -0.4 is 19.7 Å². The van der Waals surface area contributed by atoms with Gasteiger partial charge in [0.1, 0.15) is 5.82 Å². The van der Waals surface area contributed by atoms with Gasteiger partial charge in [-0.1, -0.05) is 6.07 Å². The number of rotatable bonds is 2. The van der Waals surface area contributed by atoms with Crippen molar-refractivity contribution < 1.29 is 13.9 Å². The first-order chi connectivity index (χ1) is 13.1. The molecular weight excluding hydrogens is 345 g/mol. The zero-order chi connectivity index (χ0) is 18.6. The maximum Gasteiger partial charge on any atom is 0.278 e. The van der Waals surface area contributed by atoms with Gasteiger partial charge in [0.05, 0.1) is 22.9 Å². The molecule has 1 saturated carbocycles. The molecule has 2 unspecified atom stereocenters. The summed E-state index contributed by atoms with van der Waals surface area (Å²) in [6.45, 7) is 3.56. The van der Waals surface area contributed by atoms with Crippen molar-refractivity contribution in [2.45, 2.75) is 37.6 Å². The van der Waals surface area contributed by atoms with Crippen molar-refractivity contribution in [3.63, 3.8) is 0 Å². The van der Waals surface area contributed by atoms with E-state index in [2.05, 4.69) is 10.2 Å². The molecule has 138 valence electrons. The van der Waals surface area contributed by atoms with Crippen LogP contribution in [0.15, 0.2) is 36.4 Å². The Kier molecular flexibility index (Phi) is 3.56. The molecule has 27 heavy (non-hydrogen) atoms. The van der Waals surface area contributed by atoms with Crippen LogP contribution in [0.4, 0.5) is 10.1 Å². The van der Waals surface area contributed by atoms with Crippen molar-refractivity contribution >= 4 is 5.69 Å². The van der Waals surface area contributed by atoms with Crippen molar-refractivity contribution in [1.82, 2.24) is 5.32 Å². The molecule has 5 rings (SSSR count). The number of halogens is 1. The predicted octanol–water partition coefficient (Wildman–Crippen LogP) is 3.28. The molecule has 1 N–H and O–H groups in total. The van der Waals surface area contributed by atoms with Crippen LogP contribution in [0.5, 0.6) is 11.5 Å². The number of hydrogen-bond donors (Lipinski definition) is 1. The lowest BCUT2D eigenvalue weighted by molar-refractivity contribution is -0.0706. The molecule has 2 aromatic rings. The Bertz CT molecular complexity index is 957. The fourth-order valence-corrected chi connectivity index (χ4v) is 4.33. The highest BCUT2D eigenvalue weighted by atomic mass is 19.1. The van der Waals surface area contributed by atoms with E-state index in [1.54, 1.807) is 19.1 Å². The van der Waals surface area contributed by atoms with Crippen LogP contribution in [0.25, 0.3) is 0 Å². The van der Waals surface area contributed by atoms with Crippen LogP contribution in [0.2, 0.25) is 0 Å². The summed E-state index contributed by atoms with van der Waals surface area (Å²) >= 11 is 0. The highest BCUT2D eigenvalue weighted by Gasteiger charge is 2.45. The van der Waals surface area contributed by atoms with Crippen molar-refractivity contribution in [3.8, 4) is 17.6 Å². The molecule has 0 aromatic heterocycles. The van der Waals surface area contributed by atoms with Crippen LogP contribution in [0.1, 0.15) is 30.9 Å². The number of piperazine rings is 1. The molecule has 2 aromatic carbocycles. The van der Waals surface area contributed by atoms with Crippen molar-refractivity contribution in [1.29, 1.82) is 5.26 Å². The number of anilines is 1. The van der Waals surface area contributed by atoms with Crippen molar-refractivity contribution in [3.05, 3.63) is 53.3 Å². The Morgan fingerprint density at radius 2 is 2.15 bits per heavy atom. The van der Waals surface area contributed by atoms with E-state index in [4.69, 9.17) is 14.7 Å². The molecule has 2 fully saturated rings. The normalized spacial score (nSPS) is 28.3. The minimum absolute atomic E-state index is 0.271. The van der Waals surface area contributed by atoms with Gasteiger partial charge in [0.2, 0.25) is 0 Å². The van der Waals surface area contributed by atoms with E-state index < -0.39 is 11.6 Å². The van der Waals surface area contributed by atoms with Gasteiger partial charge >= 0.3 is 0 Å². The molecule has 1 saturated heterocycles. The lowest BCUT2D eigenvalue weighted by Gasteiger charge is -2.50. The second-order valence-corrected chi connectivity index (χ2v) is 7.46. The average Bonchev–Trinajstić information content (AvgIpc) is 2.99. The molecule has 0 amide bonds. The number of nitrogens with one attached hydrogen (secondary N) is 1. The lowest BCUT2D eigenvalue weighted by atomic mass is 9.83. The number of hydrogen-bond acceptors (Lipinski definition) is 5. The Morgan fingerprint density at radius 1 is 1.26 bits per heavy atom. The van der Waals surface area contributed by atoms with E-state index in [0.29, 0.717) is 23.6 Å². The fraction of sp³-hybridized carbons (Fsp3) is 0.381. The molecule has 6 heteroatoms. The Labute approximate surface area is 157 Å². The van der Waals surface area contributed by atoms with Crippen LogP contribution in [-0.2, 0) is 5.79 Å². The number of ether oxygens (including phenoxy) is 2. The molecule has 0 radical (unpaired) electrons. The Morgan fingerprint density at radius 3 is 2.89 bits per heavy atom. The first kappa shape index (κ1) is 16.4. The summed E-state index contributed by atoms with van der Waals surface area (Å²) < 4.78 is 26.9. The van der Waals surface area contributed by atoms with Crippen molar-refractivity contribution in [2.75, 3.05) is 18.0 Å². The molecule has 5 nitrogen and oxygen atoms in total. The third-order valence-corrected chi connectivity index (χ3v) is 5.85. The largest absolute Gasteiger partial charge is 0.444 e. The smallest absolute Gasteiger partial charge is 0.278 e. The number of fused-ring (bicyclic) bond motifs is 2. The van der Waals surface area contributed by atoms with Gasteiger partial charge in [-0.2, -0.15) is 5.26 Å². The first-order valence-corrected chi connectivity index (χ1v) is 9.30. The quantitative estimate of drug-likeness (QED) is 0.885. The van der Waals surface area contributed by atoms with Gasteiger partial charge in [-0.25, -0.2) is 4.39 Å². The first-order valence-electron chi connectivity index (χ1n) is 9.30. The SMILES string of the molecule is C[C@@]1(c2ccc(C#N)cc2F)Oc2cccc(N3CCNC4CCC43)c2O1. The summed E-state index contributed by atoms with van der Waals surface area (Å²) in [6.07, 6.45) is 2.35. The van der Waals surface area contributed by atoms with Gasteiger partial charge in [-0.3, -0.25) is 0 Å². The summed E-state index contributed by atoms with van der Waals surface area (Å²) in [4.78, 5) is 2.38. The molecule has 0 spiro atoms. The maximum absolute atomic E-state index is 14.6. The van der Waals surface area contributed by atoms with E-state index >= 15 is 0 Å². The predicted molar refractivity (Wildman–Crippen MR) is 98.3 cm³/mol. The van der Waals surface area contributed by atoms with Gasteiger partial charge in [-0.05, 0) is 43.2 Å². The van der Waals surface area contributed by atoms with Crippen LogP contribution in [0.3, 0.4) is 0 Å². The maximum atomic E-state index is 14.6. The molecule has 0 bridgehead atoms. The monoisotopic (exact) mass is 365 g/mol. The summed E-state index contributed by atoms with van der Waals surface area (Å²) in [5.41, 5.74) is 1.56. The van der Waals surface area contributed by atoms with Crippen molar-refractivity contribution in [2.24, 2.45) is 0 Å². The van der Waals surface area contributed by atoms with Gasteiger partial charge in [-0.15, -0.1) is 0 Å². The van der Waals surface area contributed by atoms with Crippen LogP contribution >= 0.6 is 0 Å². The Hall–Kier alpha value is -2.78. The third-order valence-electron chi connectivity index (χ3n) is 5.85. The van der Waals surface area contributed by atoms with Gasteiger partial charge in [0.25, 0.3) is 5.79 Å². The summed E-state index contributed by atoms with van der Waals surface area (Å²) in [7, 11) is 0. The van der Waals surface area contributed by atoms with Crippen LogP contribution in [0, 0.1) is 17.1 Å². The van der Waals surface area contributed by atoms with E-state index in [1.807, 2.05) is 24.3 Å². The molecule has 3 atom stereocenters. The van der Waals surface area contributed by atoms with E-state index in [1.165, 1.54) is 12.5 Å². The molecule has 2 heterocycles. The molecule has 2 aliphatic heterocycles. The fourth-order valence-electron chi connectivity index (χ4n) is 4.33. The highest BCUT2D eigenvalue weighted by molar-refractivity contribution is 5.67. The van der Waals surface area contributed by atoms with Gasteiger partial charge in [0.15, 0.2) is 11.5 Å². The minimum Gasteiger partial charge on any atom is -0.444 e. The topological polar surface area (TPSA) is 57.5 Å². The standard InChI is InChI=1S/C21H20FN3O2/c1-21(14-6-5-13(12-23)11-15(14)22)26-19-4-2-3-18(20(19)27-21)25-10-9-24-16-7-8-17(16)25/h2-6,11,16-17,24H,7-10H2,1H3/t16?,17?,21-/m1/s1. The average molecular weight is 365 g/mol. The van der Waals surface area contributed by atoms with E-state index in [9.17, 15) is 4.39 Å². The summed E-state index contributed by atoms with van der Waals surface area (Å²) in [6, 6.07) is 13.1. The molecule has 3 aliphatic rings. The second kappa shape index (κ2) is 5.86. The second-order valence-electron chi connectivity index (χ2n) is 7.46. The van der Waals surface area contributed by atoms with E-state index in [0.717, 1.165) is 25.2 Å². The molecular formula is C21H20FN3O2. The number of nitriles is 1. The van der Waals surface area contributed by atoms with Gasteiger partial charge in [0, 0.05) is 32.1 Å².